The number of rotatable bonds is 47. The van der Waals surface area contributed by atoms with Crippen LogP contribution in [0.15, 0.2) is 97.2 Å². The number of esters is 3. The van der Waals surface area contributed by atoms with E-state index >= 15 is 0 Å². The zero-order valence-corrected chi connectivity index (χ0v) is 42.2. The van der Waals surface area contributed by atoms with Crippen molar-refractivity contribution in [3.05, 3.63) is 97.2 Å². The van der Waals surface area contributed by atoms with E-state index in [4.69, 9.17) is 14.2 Å². The molecule has 65 heavy (non-hydrogen) atoms. The van der Waals surface area contributed by atoms with Crippen LogP contribution in [0.1, 0.15) is 239 Å². The highest BCUT2D eigenvalue weighted by molar-refractivity contribution is 5.71. The second-order valence-electron chi connectivity index (χ2n) is 17.4. The van der Waals surface area contributed by atoms with E-state index in [9.17, 15) is 14.4 Å². The molecule has 0 radical (unpaired) electrons. The largest absolute Gasteiger partial charge is 0.462 e. The predicted molar refractivity (Wildman–Crippen MR) is 279 cm³/mol. The lowest BCUT2D eigenvalue weighted by atomic mass is 10.1. The van der Waals surface area contributed by atoms with Gasteiger partial charge < -0.3 is 14.2 Å². The topological polar surface area (TPSA) is 78.9 Å². The van der Waals surface area contributed by atoms with Crippen molar-refractivity contribution in [1.29, 1.82) is 0 Å². The summed E-state index contributed by atoms with van der Waals surface area (Å²) in [7, 11) is 0. The van der Waals surface area contributed by atoms with Crippen LogP contribution >= 0.6 is 0 Å². The van der Waals surface area contributed by atoms with E-state index in [2.05, 4.69) is 118 Å². The average Bonchev–Trinajstić information content (AvgIpc) is 3.30. The molecule has 0 fully saturated rings. The summed E-state index contributed by atoms with van der Waals surface area (Å²) in [6, 6.07) is 0. The fraction of sp³-hybridized carbons (Fsp3) is 0.678. The molecule has 0 bridgehead atoms. The first-order chi connectivity index (χ1) is 32.0. The summed E-state index contributed by atoms with van der Waals surface area (Å²) in [5.41, 5.74) is 0. The van der Waals surface area contributed by atoms with Crippen molar-refractivity contribution in [1.82, 2.24) is 0 Å². The van der Waals surface area contributed by atoms with Gasteiger partial charge in [0.2, 0.25) is 0 Å². The molecule has 0 aliphatic heterocycles. The Morgan fingerprint density at radius 3 is 0.892 bits per heavy atom. The maximum Gasteiger partial charge on any atom is 0.306 e. The van der Waals surface area contributed by atoms with Crippen LogP contribution in [0.4, 0.5) is 0 Å². The predicted octanol–water partition coefficient (Wildman–Crippen LogP) is 17.8. The van der Waals surface area contributed by atoms with Crippen molar-refractivity contribution < 1.29 is 28.6 Å². The van der Waals surface area contributed by atoms with Gasteiger partial charge in [0.25, 0.3) is 0 Å². The quantitative estimate of drug-likeness (QED) is 0.0262. The number of unbranched alkanes of at least 4 members (excludes halogenated alkanes) is 20. The van der Waals surface area contributed by atoms with Crippen LogP contribution in [-0.2, 0) is 28.6 Å². The van der Waals surface area contributed by atoms with Crippen molar-refractivity contribution in [2.45, 2.75) is 245 Å². The molecule has 0 aromatic rings. The zero-order valence-electron chi connectivity index (χ0n) is 42.2. The summed E-state index contributed by atoms with van der Waals surface area (Å²) >= 11 is 0. The number of allylic oxidation sites excluding steroid dienone is 16. The summed E-state index contributed by atoms with van der Waals surface area (Å²) in [5, 5.41) is 0. The van der Waals surface area contributed by atoms with Crippen LogP contribution in [0.25, 0.3) is 0 Å². The third-order valence-electron chi connectivity index (χ3n) is 11.0. The molecule has 1 atom stereocenters. The van der Waals surface area contributed by atoms with Crippen LogP contribution in [0, 0.1) is 0 Å². The fourth-order valence-electron chi connectivity index (χ4n) is 6.95. The molecular weight excluding hydrogens is 805 g/mol. The van der Waals surface area contributed by atoms with Crippen LogP contribution in [-0.4, -0.2) is 37.2 Å². The smallest absolute Gasteiger partial charge is 0.306 e. The molecule has 0 unspecified atom stereocenters. The first-order valence-electron chi connectivity index (χ1n) is 26.7. The van der Waals surface area contributed by atoms with Gasteiger partial charge in [0.1, 0.15) is 13.2 Å². The first-order valence-corrected chi connectivity index (χ1v) is 26.7. The van der Waals surface area contributed by atoms with E-state index in [0.29, 0.717) is 12.8 Å². The molecular formula is C59H98O6. The molecule has 0 aromatic heterocycles. The molecule has 0 aliphatic carbocycles. The maximum absolute atomic E-state index is 12.8. The van der Waals surface area contributed by atoms with Crippen molar-refractivity contribution in [3.8, 4) is 0 Å². The minimum absolute atomic E-state index is 0.107. The maximum atomic E-state index is 12.8. The SMILES string of the molecule is CCCCC/C=C\C/C=C\C/C=C\CCCCCCC(=O)O[C@H](COC(=O)CCCC/C=C\C/C=C\C/C=C\CCCCC)COC(=O)CCCCCCC/C=C\C/C=C\CCCCC. The lowest BCUT2D eigenvalue weighted by Crippen LogP contribution is -2.30. The lowest BCUT2D eigenvalue weighted by molar-refractivity contribution is -0.167. The highest BCUT2D eigenvalue weighted by Crippen LogP contribution is 2.12. The minimum Gasteiger partial charge on any atom is -0.462 e. The molecule has 6 nitrogen and oxygen atoms in total. The molecule has 0 saturated carbocycles. The third kappa shape index (κ3) is 51.2. The normalized spacial score (nSPS) is 12.8. The van der Waals surface area contributed by atoms with Crippen LogP contribution in [0.5, 0.6) is 0 Å². The minimum atomic E-state index is -0.812. The van der Waals surface area contributed by atoms with Crippen LogP contribution in [0.3, 0.4) is 0 Å². The summed E-state index contributed by atoms with van der Waals surface area (Å²) in [4.78, 5) is 38.0. The molecule has 0 saturated heterocycles. The van der Waals surface area contributed by atoms with E-state index in [-0.39, 0.29) is 37.5 Å². The molecule has 0 spiro atoms. The van der Waals surface area contributed by atoms with Gasteiger partial charge in [-0.1, -0.05) is 189 Å². The van der Waals surface area contributed by atoms with Crippen molar-refractivity contribution >= 4 is 17.9 Å². The Hall–Kier alpha value is -3.67. The molecule has 0 heterocycles. The van der Waals surface area contributed by atoms with E-state index < -0.39 is 6.10 Å². The Balaban J connectivity index is 4.53. The second kappa shape index (κ2) is 52.9. The fourth-order valence-corrected chi connectivity index (χ4v) is 6.95. The van der Waals surface area contributed by atoms with Crippen LogP contribution in [0.2, 0.25) is 0 Å². The number of carbonyl (C=O) groups excluding carboxylic acids is 3. The van der Waals surface area contributed by atoms with E-state index in [1.54, 1.807) is 0 Å². The summed E-state index contributed by atoms with van der Waals surface area (Å²) in [6.45, 7) is 6.48. The van der Waals surface area contributed by atoms with Crippen molar-refractivity contribution in [2.75, 3.05) is 13.2 Å². The van der Waals surface area contributed by atoms with Crippen molar-refractivity contribution in [2.24, 2.45) is 0 Å². The number of hydrogen-bond donors (Lipinski definition) is 0. The molecule has 0 rings (SSSR count). The van der Waals surface area contributed by atoms with E-state index in [1.165, 1.54) is 77.0 Å². The van der Waals surface area contributed by atoms with Gasteiger partial charge >= 0.3 is 17.9 Å². The highest BCUT2D eigenvalue weighted by atomic mass is 16.6. The molecule has 0 aromatic carbocycles. The molecule has 0 aliphatic rings. The zero-order chi connectivity index (χ0) is 47.2. The van der Waals surface area contributed by atoms with Gasteiger partial charge in [-0.15, -0.1) is 0 Å². The Morgan fingerprint density at radius 1 is 0.308 bits per heavy atom. The van der Waals surface area contributed by atoms with Gasteiger partial charge in [-0.2, -0.15) is 0 Å². The number of carbonyl (C=O) groups is 3. The number of hydrogen-bond acceptors (Lipinski definition) is 6. The molecule has 0 amide bonds. The van der Waals surface area contributed by atoms with Gasteiger partial charge in [-0.3, -0.25) is 14.4 Å². The third-order valence-corrected chi connectivity index (χ3v) is 11.0. The van der Waals surface area contributed by atoms with Gasteiger partial charge in [0.15, 0.2) is 6.10 Å². The molecule has 6 heteroatoms. The lowest BCUT2D eigenvalue weighted by Gasteiger charge is -2.18. The number of ether oxygens (including phenoxy) is 3. The highest BCUT2D eigenvalue weighted by Gasteiger charge is 2.19. The summed E-state index contributed by atoms with van der Waals surface area (Å²) in [5.74, 6) is -0.983. The molecule has 370 valence electrons. The Morgan fingerprint density at radius 2 is 0.554 bits per heavy atom. The van der Waals surface area contributed by atoms with Crippen LogP contribution < -0.4 is 0 Å². The van der Waals surface area contributed by atoms with E-state index in [0.717, 1.165) is 122 Å². The summed E-state index contributed by atoms with van der Waals surface area (Å²) in [6.07, 6.45) is 69.5. The van der Waals surface area contributed by atoms with Crippen molar-refractivity contribution in [3.63, 3.8) is 0 Å². The average molecular weight is 903 g/mol. The summed E-state index contributed by atoms with van der Waals surface area (Å²) < 4.78 is 16.8. The van der Waals surface area contributed by atoms with Gasteiger partial charge in [-0.05, 0) is 128 Å². The Labute approximate surface area is 400 Å². The van der Waals surface area contributed by atoms with E-state index in [1.807, 2.05) is 0 Å². The first kappa shape index (κ1) is 61.3. The second-order valence-corrected chi connectivity index (χ2v) is 17.4. The Bertz CT molecular complexity index is 1310. The monoisotopic (exact) mass is 903 g/mol. The van der Waals surface area contributed by atoms with Gasteiger partial charge in [0.05, 0.1) is 0 Å². The standard InChI is InChI=1S/C59H98O6/c1-4-7-10-13-16-19-22-25-28-29-32-35-38-41-44-47-50-53-59(62)65-56(54-63-57(60)51-48-45-42-39-36-33-30-26-23-20-17-14-11-8-5-2)55-64-58(61)52-49-46-43-40-37-34-31-27-24-21-18-15-12-9-6-3/h16-21,25-28,30-32,35-36,39,56H,4-15,22-24,29,33-34,37-38,40-55H2,1-3H3/b19-16-,20-17-,21-18-,28-25-,30-26-,31-27-,35-32-,39-36-/t56-/m1/s1. The Kier molecular flexibility index (Phi) is 50.0. The van der Waals surface area contributed by atoms with Gasteiger partial charge in [-0.25, -0.2) is 0 Å². The molecule has 0 N–H and O–H groups in total. The van der Waals surface area contributed by atoms with Gasteiger partial charge in [0, 0.05) is 19.3 Å².